The molecule has 1 aliphatic carbocycles. The quantitative estimate of drug-likeness (QED) is 0.343. The maximum atomic E-state index is 12.3. The molecule has 0 bridgehead atoms. The first-order valence-corrected chi connectivity index (χ1v) is 10.7. The fourth-order valence-electron chi connectivity index (χ4n) is 3.59. The van der Waals surface area contributed by atoms with E-state index in [0.717, 1.165) is 25.9 Å². The van der Waals surface area contributed by atoms with Crippen LogP contribution in [0.2, 0.25) is 0 Å². The van der Waals surface area contributed by atoms with Crippen molar-refractivity contribution in [2.75, 3.05) is 20.2 Å². The lowest BCUT2D eigenvalue weighted by Crippen LogP contribution is -2.43. The van der Waals surface area contributed by atoms with E-state index in [9.17, 15) is 14.4 Å². The van der Waals surface area contributed by atoms with Crippen molar-refractivity contribution >= 4 is 18.1 Å². The van der Waals surface area contributed by atoms with E-state index in [1.54, 1.807) is 20.8 Å². The number of rotatable bonds is 7. The molecule has 0 amide bonds. The first-order chi connectivity index (χ1) is 14.1. The summed E-state index contributed by atoms with van der Waals surface area (Å²) >= 11 is 0. The van der Waals surface area contributed by atoms with Gasteiger partial charge in [0, 0.05) is 13.1 Å². The lowest BCUT2D eigenvalue weighted by molar-refractivity contribution is -0.228. The number of hydrogen-bond donors (Lipinski definition) is 0. The summed E-state index contributed by atoms with van der Waals surface area (Å²) in [5, 5.41) is 0. The summed E-state index contributed by atoms with van der Waals surface area (Å²) in [6, 6.07) is 0. The van der Waals surface area contributed by atoms with Gasteiger partial charge in [-0.05, 0) is 66.2 Å². The first kappa shape index (κ1) is 24.4. The lowest BCUT2D eigenvalue weighted by atomic mass is 9.87. The number of methoxy groups -OCH3 is 1. The molecule has 172 valence electrons. The van der Waals surface area contributed by atoms with Gasteiger partial charge in [0.05, 0.1) is 19.1 Å². The van der Waals surface area contributed by atoms with Gasteiger partial charge in [-0.15, -0.1) is 0 Å². The Kier molecular flexibility index (Phi) is 8.91. The molecule has 2 unspecified atom stereocenters. The topological polar surface area (TPSA) is 101 Å². The molecule has 1 aliphatic heterocycles. The number of carbonyl (C=O) groups excluding carboxylic acids is 3. The second kappa shape index (κ2) is 10.9. The number of hydrogen-bond acceptors (Lipinski definition) is 9. The molecule has 0 N–H and O–H groups in total. The summed E-state index contributed by atoms with van der Waals surface area (Å²) in [4.78, 5) is 38.0. The lowest BCUT2D eigenvalue weighted by Gasteiger charge is -2.33. The van der Waals surface area contributed by atoms with Gasteiger partial charge in [0.1, 0.15) is 5.60 Å². The Morgan fingerprint density at radius 1 is 0.967 bits per heavy atom. The van der Waals surface area contributed by atoms with Gasteiger partial charge in [-0.3, -0.25) is 4.79 Å². The van der Waals surface area contributed by atoms with E-state index < -0.39 is 30.2 Å². The number of ether oxygens (including phenoxy) is 5. The molecule has 0 aromatic carbocycles. The zero-order valence-corrected chi connectivity index (χ0v) is 18.7. The van der Waals surface area contributed by atoms with E-state index in [0.29, 0.717) is 25.7 Å². The van der Waals surface area contributed by atoms with Crippen molar-refractivity contribution in [3.05, 3.63) is 0 Å². The van der Waals surface area contributed by atoms with E-state index in [1.807, 2.05) is 4.90 Å². The van der Waals surface area contributed by atoms with Crippen LogP contribution >= 0.6 is 0 Å². The number of likely N-dealkylation sites (tertiary alicyclic amines) is 1. The third-order valence-corrected chi connectivity index (χ3v) is 5.17. The zero-order chi connectivity index (χ0) is 22.3. The minimum atomic E-state index is -1.09. The normalized spacial score (nSPS) is 24.6. The van der Waals surface area contributed by atoms with Crippen molar-refractivity contribution in [2.24, 2.45) is 5.92 Å². The molecular weight excluding hydrogens is 394 g/mol. The Bertz CT molecular complexity index is 588. The van der Waals surface area contributed by atoms with E-state index in [2.05, 4.69) is 0 Å². The van der Waals surface area contributed by atoms with E-state index in [-0.39, 0.29) is 18.0 Å². The highest BCUT2D eigenvalue weighted by atomic mass is 16.8. The Balaban J connectivity index is 1.88. The fourth-order valence-corrected chi connectivity index (χ4v) is 3.59. The highest BCUT2D eigenvalue weighted by Crippen LogP contribution is 2.29. The van der Waals surface area contributed by atoms with Gasteiger partial charge >= 0.3 is 18.1 Å². The van der Waals surface area contributed by atoms with Crippen LogP contribution in [0, 0.1) is 5.92 Å². The van der Waals surface area contributed by atoms with Crippen LogP contribution in [0.3, 0.4) is 0 Å². The van der Waals surface area contributed by atoms with Crippen LogP contribution in [0.1, 0.15) is 66.2 Å². The standard InChI is InChI=1S/C21H35NO8/c1-14(17(23)30-21(2,3)4)27-20(25)29-19(22-12-6-7-13-22)28-16-10-8-15(9-11-16)18(24)26-5/h14-16,19H,6-13H2,1-5H3/t14?,15-,16-,19?. The monoisotopic (exact) mass is 429 g/mol. The Morgan fingerprint density at radius 2 is 1.57 bits per heavy atom. The second-order valence-electron chi connectivity index (χ2n) is 8.84. The van der Waals surface area contributed by atoms with Crippen LogP contribution in [-0.2, 0) is 33.3 Å². The van der Waals surface area contributed by atoms with Crippen LogP contribution < -0.4 is 0 Å². The average molecular weight is 430 g/mol. The van der Waals surface area contributed by atoms with Crippen molar-refractivity contribution in [3.63, 3.8) is 0 Å². The van der Waals surface area contributed by atoms with E-state index in [1.165, 1.54) is 14.0 Å². The molecule has 1 saturated heterocycles. The smallest absolute Gasteiger partial charge is 0.469 e. The fraction of sp³-hybridized carbons (Fsp3) is 0.857. The SMILES string of the molecule is COC(=O)[C@H]1CC[C@H](OC(OC(=O)OC(C)C(=O)OC(C)(C)C)N2CCCC2)CC1. The van der Waals surface area contributed by atoms with Crippen LogP contribution in [0.4, 0.5) is 4.79 Å². The van der Waals surface area contributed by atoms with E-state index >= 15 is 0 Å². The number of nitrogens with zero attached hydrogens (tertiary/aromatic N) is 1. The molecule has 1 saturated carbocycles. The van der Waals surface area contributed by atoms with Gasteiger partial charge in [-0.1, -0.05) is 0 Å². The highest BCUT2D eigenvalue weighted by Gasteiger charge is 2.34. The van der Waals surface area contributed by atoms with Gasteiger partial charge in [-0.25, -0.2) is 14.5 Å². The molecule has 9 heteroatoms. The molecule has 0 aromatic heterocycles. The van der Waals surface area contributed by atoms with Crippen LogP contribution in [0.15, 0.2) is 0 Å². The molecule has 2 aliphatic rings. The molecule has 30 heavy (non-hydrogen) atoms. The summed E-state index contributed by atoms with van der Waals surface area (Å²) in [6.07, 6.45) is 1.59. The minimum Gasteiger partial charge on any atom is -0.469 e. The maximum absolute atomic E-state index is 12.3. The third-order valence-electron chi connectivity index (χ3n) is 5.17. The Labute approximate surface area is 178 Å². The highest BCUT2D eigenvalue weighted by molar-refractivity contribution is 5.77. The van der Waals surface area contributed by atoms with E-state index in [4.69, 9.17) is 23.7 Å². The Hall–Kier alpha value is -1.87. The van der Waals surface area contributed by atoms with Gasteiger partial charge in [0.2, 0.25) is 0 Å². The Morgan fingerprint density at radius 3 is 2.10 bits per heavy atom. The summed E-state index contributed by atoms with van der Waals surface area (Å²) in [7, 11) is 1.39. The predicted octanol–water partition coefficient (Wildman–Crippen LogP) is 3.00. The predicted molar refractivity (Wildman–Crippen MR) is 106 cm³/mol. The largest absolute Gasteiger partial charge is 0.512 e. The zero-order valence-electron chi connectivity index (χ0n) is 18.7. The van der Waals surface area contributed by atoms with Crippen LogP contribution in [-0.4, -0.2) is 67.4 Å². The van der Waals surface area contributed by atoms with Crippen molar-refractivity contribution in [2.45, 2.75) is 90.4 Å². The van der Waals surface area contributed by atoms with Crippen molar-refractivity contribution in [1.82, 2.24) is 4.90 Å². The molecule has 0 aromatic rings. The van der Waals surface area contributed by atoms with Gasteiger partial charge in [0.25, 0.3) is 6.41 Å². The number of carbonyl (C=O) groups is 3. The molecule has 2 atom stereocenters. The van der Waals surface area contributed by atoms with Crippen molar-refractivity contribution < 1.29 is 38.1 Å². The average Bonchev–Trinajstić information content (AvgIpc) is 3.20. The summed E-state index contributed by atoms with van der Waals surface area (Å²) < 4.78 is 26.6. The maximum Gasteiger partial charge on any atom is 0.512 e. The van der Waals surface area contributed by atoms with Gasteiger partial charge in [0.15, 0.2) is 6.10 Å². The van der Waals surface area contributed by atoms with Gasteiger partial charge in [-0.2, -0.15) is 0 Å². The molecule has 0 spiro atoms. The molecule has 1 heterocycles. The van der Waals surface area contributed by atoms with Gasteiger partial charge < -0.3 is 23.7 Å². The first-order valence-electron chi connectivity index (χ1n) is 10.7. The molecule has 9 nitrogen and oxygen atoms in total. The summed E-state index contributed by atoms with van der Waals surface area (Å²) in [6.45, 7) is 8.15. The number of esters is 2. The molecular formula is C21H35NO8. The summed E-state index contributed by atoms with van der Waals surface area (Å²) in [5.41, 5.74) is -0.678. The van der Waals surface area contributed by atoms with Crippen LogP contribution in [0.25, 0.3) is 0 Å². The third kappa shape index (κ3) is 7.75. The second-order valence-corrected chi connectivity index (χ2v) is 8.84. The van der Waals surface area contributed by atoms with Crippen molar-refractivity contribution in [1.29, 1.82) is 0 Å². The van der Waals surface area contributed by atoms with Crippen molar-refractivity contribution in [3.8, 4) is 0 Å². The summed E-state index contributed by atoms with van der Waals surface area (Å²) in [5.74, 6) is -0.944. The molecule has 2 rings (SSSR count). The van der Waals surface area contributed by atoms with Crippen LogP contribution in [0.5, 0.6) is 0 Å². The molecule has 2 fully saturated rings. The minimum absolute atomic E-state index is 0.111. The molecule has 0 radical (unpaired) electrons.